The Morgan fingerprint density at radius 3 is 2.70 bits per heavy atom. The number of methoxy groups -OCH3 is 1. The fraction of sp³-hybridized carbons (Fsp3) is 0.538. The van der Waals surface area contributed by atoms with Gasteiger partial charge < -0.3 is 9.84 Å². The van der Waals surface area contributed by atoms with Crippen LogP contribution in [-0.4, -0.2) is 38.2 Å². The molecule has 0 saturated carbocycles. The van der Waals surface area contributed by atoms with E-state index in [1.807, 2.05) is 11.8 Å². The average molecular weight is 317 g/mol. The normalized spacial score (nSPS) is 17.1. The first-order valence-corrected chi connectivity index (χ1v) is 9.08. The summed E-state index contributed by atoms with van der Waals surface area (Å²) in [6, 6.07) is 4.60. The molecule has 0 bridgehead atoms. The van der Waals surface area contributed by atoms with Crippen molar-refractivity contribution in [2.24, 2.45) is 0 Å². The molecule has 112 valence electrons. The summed E-state index contributed by atoms with van der Waals surface area (Å²) in [6.07, 6.45) is 1.70. The van der Waals surface area contributed by atoms with Gasteiger partial charge in [0.1, 0.15) is 10.6 Å². The second-order valence-corrected chi connectivity index (χ2v) is 7.56. The van der Waals surface area contributed by atoms with E-state index < -0.39 is 10.0 Å². The van der Waals surface area contributed by atoms with Gasteiger partial charge in [-0.25, -0.2) is 13.1 Å². The van der Waals surface area contributed by atoms with Gasteiger partial charge in [-0.05, 0) is 42.0 Å². The topological polar surface area (TPSA) is 75.6 Å². The molecule has 0 aliphatic carbocycles. The predicted octanol–water partition coefficient (Wildman–Crippen LogP) is 1.36. The SMILES string of the molecule is COc1cc(CO)ccc1S(=O)(=O)NC1CCSCC1. The summed E-state index contributed by atoms with van der Waals surface area (Å²) >= 11 is 1.85. The summed E-state index contributed by atoms with van der Waals surface area (Å²) in [6.45, 7) is -0.149. The lowest BCUT2D eigenvalue weighted by molar-refractivity contribution is 0.280. The van der Waals surface area contributed by atoms with E-state index >= 15 is 0 Å². The smallest absolute Gasteiger partial charge is 0.244 e. The Labute approximate surface area is 123 Å². The van der Waals surface area contributed by atoms with Gasteiger partial charge >= 0.3 is 0 Å². The van der Waals surface area contributed by atoms with Crippen molar-refractivity contribution < 1.29 is 18.3 Å². The van der Waals surface area contributed by atoms with Gasteiger partial charge in [-0.15, -0.1) is 0 Å². The number of sulfonamides is 1. The number of hydrogen-bond acceptors (Lipinski definition) is 5. The van der Waals surface area contributed by atoms with Crippen LogP contribution in [0.15, 0.2) is 23.1 Å². The van der Waals surface area contributed by atoms with E-state index in [9.17, 15) is 8.42 Å². The van der Waals surface area contributed by atoms with Crippen LogP contribution in [0.3, 0.4) is 0 Å². The standard InChI is InChI=1S/C13H19NO4S2/c1-18-12-8-10(9-15)2-3-13(12)20(16,17)14-11-4-6-19-7-5-11/h2-3,8,11,14-15H,4-7,9H2,1H3. The van der Waals surface area contributed by atoms with Crippen LogP contribution in [0.1, 0.15) is 18.4 Å². The van der Waals surface area contributed by atoms with Gasteiger partial charge in [-0.2, -0.15) is 11.8 Å². The number of hydrogen-bond donors (Lipinski definition) is 2. The summed E-state index contributed by atoms with van der Waals surface area (Å²) < 4.78 is 32.7. The Balaban J connectivity index is 2.24. The minimum atomic E-state index is -3.59. The molecule has 1 aliphatic heterocycles. The summed E-state index contributed by atoms with van der Waals surface area (Å²) in [5, 5.41) is 9.09. The first-order chi connectivity index (χ1) is 9.56. The van der Waals surface area contributed by atoms with Crippen molar-refractivity contribution in [1.29, 1.82) is 0 Å². The number of rotatable bonds is 5. The Morgan fingerprint density at radius 1 is 1.40 bits per heavy atom. The lowest BCUT2D eigenvalue weighted by atomic mass is 10.2. The van der Waals surface area contributed by atoms with Gasteiger partial charge in [0.05, 0.1) is 13.7 Å². The molecule has 0 atom stereocenters. The van der Waals surface area contributed by atoms with Crippen molar-refractivity contribution >= 4 is 21.8 Å². The molecule has 5 nitrogen and oxygen atoms in total. The van der Waals surface area contributed by atoms with Gasteiger partial charge in [-0.1, -0.05) is 6.07 Å². The number of nitrogens with one attached hydrogen (secondary N) is 1. The van der Waals surface area contributed by atoms with Gasteiger partial charge in [0.15, 0.2) is 0 Å². The van der Waals surface area contributed by atoms with Crippen LogP contribution in [0.2, 0.25) is 0 Å². The zero-order chi connectivity index (χ0) is 14.6. The molecule has 0 unspecified atom stereocenters. The van der Waals surface area contributed by atoms with Crippen LogP contribution < -0.4 is 9.46 Å². The Kier molecular flexibility index (Phi) is 5.31. The number of aliphatic hydroxyl groups is 1. The van der Waals surface area contributed by atoms with E-state index in [4.69, 9.17) is 9.84 Å². The van der Waals surface area contributed by atoms with E-state index in [2.05, 4.69) is 4.72 Å². The van der Waals surface area contributed by atoms with Crippen molar-refractivity contribution in [3.63, 3.8) is 0 Å². The zero-order valence-electron chi connectivity index (χ0n) is 11.3. The van der Waals surface area contributed by atoms with E-state index in [0.29, 0.717) is 5.56 Å². The van der Waals surface area contributed by atoms with Gasteiger partial charge in [0.2, 0.25) is 10.0 Å². The molecule has 1 saturated heterocycles. The number of ether oxygens (including phenoxy) is 1. The molecule has 0 amide bonds. The van der Waals surface area contributed by atoms with Crippen molar-refractivity contribution in [2.75, 3.05) is 18.6 Å². The largest absolute Gasteiger partial charge is 0.495 e. The van der Waals surface area contributed by atoms with E-state index in [1.165, 1.54) is 13.2 Å². The van der Waals surface area contributed by atoms with Crippen molar-refractivity contribution in [2.45, 2.75) is 30.4 Å². The molecular formula is C13H19NO4S2. The summed E-state index contributed by atoms with van der Waals surface area (Å²) in [4.78, 5) is 0.121. The van der Waals surface area contributed by atoms with Crippen molar-refractivity contribution in [3.8, 4) is 5.75 Å². The highest BCUT2D eigenvalue weighted by Crippen LogP contribution is 2.26. The van der Waals surface area contributed by atoms with Crippen LogP contribution in [-0.2, 0) is 16.6 Å². The Hall–Kier alpha value is -0.760. The van der Waals surface area contributed by atoms with Crippen LogP contribution in [0.25, 0.3) is 0 Å². The Morgan fingerprint density at radius 2 is 2.10 bits per heavy atom. The first-order valence-electron chi connectivity index (χ1n) is 6.44. The molecule has 1 aromatic rings. The summed E-state index contributed by atoms with van der Waals surface area (Å²) in [7, 11) is -2.17. The van der Waals surface area contributed by atoms with Gasteiger partial charge in [-0.3, -0.25) is 0 Å². The molecular weight excluding hydrogens is 298 g/mol. The molecule has 1 aromatic carbocycles. The zero-order valence-corrected chi connectivity index (χ0v) is 13.0. The molecule has 2 N–H and O–H groups in total. The molecule has 7 heteroatoms. The van der Waals surface area contributed by atoms with Crippen LogP contribution in [0.5, 0.6) is 5.75 Å². The molecule has 20 heavy (non-hydrogen) atoms. The van der Waals surface area contributed by atoms with Crippen LogP contribution in [0.4, 0.5) is 0 Å². The third-order valence-corrected chi connectivity index (χ3v) is 5.85. The fourth-order valence-corrected chi connectivity index (χ4v) is 4.69. The highest BCUT2D eigenvalue weighted by Gasteiger charge is 2.24. The summed E-state index contributed by atoms with van der Waals surface area (Å²) in [5.74, 6) is 2.22. The highest BCUT2D eigenvalue weighted by molar-refractivity contribution is 7.99. The molecule has 0 radical (unpaired) electrons. The van der Waals surface area contributed by atoms with E-state index in [1.54, 1.807) is 12.1 Å². The number of benzene rings is 1. The second-order valence-electron chi connectivity index (χ2n) is 4.65. The van der Waals surface area contributed by atoms with Crippen molar-refractivity contribution in [3.05, 3.63) is 23.8 Å². The maximum Gasteiger partial charge on any atom is 0.244 e. The maximum atomic E-state index is 12.4. The van der Waals surface area contributed by atoms with Crippen LogP contribution in [0, 0.1) is 0 Å². The highest BCUT2D eigenvalue weighted by atomic mass is 32.2. The number of thioether (sulfide) groups is 1. The van der Waals surface area contributed by atoms with E-state index in [-0.39, 0.29) is 23.3 Å². The molecule has 2 rings (SSSR count). The van der Waals surface area contributed by atoms with E-state index in [0.717, 1.165) is 24.3 Å². The second kappa shape index (κ2) is 6.80. The van der Waals surface area contributed by atoms with Gasteiger partial charge in [0, 0.05) is 6.04 Å². The quantitative estimate of drug-likeness (QED) is 0.857. The summed E-state index contributed by atoms with van der Waals surface area (Å²) in [5.41, 5.74) is 0.620. The molecule has 0 spiro atoms. The monoisotopic (exact) mass is 317 g/mol. The minimum absolute atomic E-state index is 0.0107. The molecule has 1 aliphatic rings. The van der Waals surface area contributed by atoms with Crippen LogP contribution >= 0.6 is 11.8 Å². The minimum Gasteiger partial charge on any atom is -0.495 e. The molecule has 1 fully saturated rings. The van der Waals surface area contributed by atoms with Crippen molar-refractivity contribution in [1.82, 2.24) is 4.72 Å². The maximum absolute atomic E-state index is 12.4. The third-order valence-electron chi connectivity index (χ3n) is 3.24. The molecule has 1 heterocycles. The predicted molar refractivity (Wildman–Crippen MR) is 79.6 cm³/mol. The lowest BCUT2D eigenvalue weighted by Crippen LogP contribution is -2.37. The molecule has 0 aromatic heterocycles. The first kappa shape index (κ1) is 15.6. The fourth-order valence-electron chi connectivity index (χ4n) is 2.13. The number of aliphatic hydroxyl groups excluding tert-OH is 1. The third kappa shape index (κ3) is 3.66. The average Bonchev–Trinajstić information content (AvgIpc) is 2.47. The Bertz CT molecular complexity index is 553. The van der Waals surface area contributed by atoms with Gasteiger partial charge in [0.25, 0.3) is 0 Å². The lowest BCUT2D eigenvalue weighted by Gasteiger charge is -2.23.